The fraction of sp³-hybridized carbons (Fsp3) is 0. The van der Waals surface area contributed by atoms with E-state index in [1.165, 1.54) is 35.3 Å². The van der Waals surface area contributed by atoms with Gasteiger partial charge in [-0.05, 0) is 48.5 Å². The van der Waals surface area contributed by atoms with E-state index in [-0.39, 0.29) is 10.5 Å². The van der Waals surface area contributed by atoms with Crippen molar-refractivity contribution in [2.75, 3.05) is 4.72 Å². The summed E-state index contributed by atoms with van der Waals surface area (Å²) >= 11 is 3.28. The van der Waals surface area contributed by atoms with Crippen LogP contribution in [0, 0.1) is 0 Å². The lowest BCUT2D eigenvalue weighted by Crippen LogP contribution is -2.13. The third-order valence-corrected chi connectivity index (χ3v) is 6.23. The molecule has 0 fully saturated rings. The number of carboxylic acid groups (broad SMARTS) is 1. The van der Waals surface area contributed by atoms with Crippen LogP contribution in [0.15, 0.2) is 82.6 Å². The van der Waals surface area contributed by atoms with Crippen molar-refractivity contribution < 1.29 is 18.3 Å². The van der Waals surface area contributed by atoms with Crippen LogP contribution in [0.4, 0.5) is 5.69 Å². The largest absolute Gasteiger partial charge is 0.478 e. The minimum atomic E-state index is -3.77. The molecule has 2 heterocycles. The Morgan fingerprint density at radius 2 is 1.87 bits per heavy atom. The molecule has 0 saturated heterocycles. The van der Waals surface area contributed by atoms with Gasteiger partial charge in [0, 0.05) is 22.4 Å². The predicted molar refractivity (Wildman–Crippen MR) is 116 cm³/mol. The molecule has 4 aromatic rings. The third-order valence-electron chi connectivity index (χ3n) is 4.31. The van der Waals surface area contributed by atoms with Crippen LogP contribution in [0.3, 0.4) is 0 Å². The standard InChI is InChI=1S/C20H14BrN5O4S/c21-13-4-6-16(7-5-13)31(29,30)24-14-2-1-3-15(10-14)26-12-19(23-25-26)18-11-22-9-8-17(18)20(27)28/h1-12,24H,(H,27,28). The summed E-state index contributed by atoms with van der Waals surface area (Å²) in [7, 11) is -3.77. The number of anilines is 1. The summed E-state index contributed by atoms with van der Waals surface area (Å²) in [5.74, 6) is -1.10. The third kappa shape index (κ3) is 4.47. The molecule has 0 radical (unpaired) electrons. The van der Waals surface area contributed by atoms with Crippen LogP contribution in [0.1, 0.15) is 10.4 Å². The maximum Gasteiger partial charge on any atom is 0.336 e. The van der Waals surface area contributed by atoms with Crippen molar-refractivity contribution in [1.29, 1.82) is 0 Å². The van der Waals surface area contributed by atoms with Crippen LogP contribution >= 0.6 is 15.9 Å². The maximum atomic E-state index is 12.6. The maximum absolute atomic E-state index is 12.6. The summed E-state index contributed by atoms with van der Waals surface area (Å²) in [5, 5.41) is 17.4. The number of aromatic carboxylic acids is 1. The molecule has 0 amide bonds. The van der Waals surface area contributed by atoms with Gasteiger partial charge < -0.3 is 5.11 Å². The van der Waals surface area contributed by atoms with E-state index in [9.17, 15) is 18.3 Å². The highest BCUT2D eigenvalue weighted by Gasteiger charge is 2.16. The Kier molecular flexibility index (Phi) is 5.53. The normalized spacial score (nSPS) is 11.3. The van der Waals surface area contributed by atoms with E-state index in [1.807, 2.05) is 0 Å². The molecule has 0 unspecified atom stereocenters. The van der Waals surface area contributed by atoms with E-state index in [0.717, 1.165) is 4.47 Å². The van der Waals surface area contributed by atoms with Crippen LogP contribution in [0.25, 0.3) is 16.9 Å². The van der Waals surface area contributed by atoms with E-state index in [1.54, 1.807) is 42.6 Å². The molecule has 0 spiro atoms. The number of carboxylic acids is 1. The zero-order valence-electron chi connectivity index (χ0n) is 15.7. The average Bonchev–Trinajstić information content (AvgIpc) is 3.24. The number of rotatable bonds is 6. The van der Waals surface area contributed by atoms with Crippen molar-refractivity contribution in [1.82, 2.24) is 20.0 Å². The second-order valence-corrected chi connectivity index (χ2v) is 8.98. The number of pyridine rings is 1. The second-order valence-electron chi connectivity index (χ2n) is 6.38. The monoisotopic (exact) mass is 499 g/mol. The average molecular weight is 500 g/mol. The molecule has 4 rings (SSSR count). The predicted octanol–water partition coefficient (Wildman–Crippen LogP) is 3.59. The summed E-state index contributed by atoms with van der Waals surface area (Å²) in [6, 6.07) is 14.3. The molecular weight excluding hydrogens is 486 g/mol. The zero-order valence-corrected chi connectivity index (χ0v) is 18.1. The molecule has 9 nitrogen and oxygen atoms in total. The summed E-state index contributed by atoms with van der Waals surface area (Å²) < 4.78 is 30.0. The van der Waals surface area contributed by atoms with Crippen LogP contribution in [-0.2, 0) is 10.0 Å². The molecule has 156 valence electrons. The molecule has 0 atom stereocenters. The van der Waals surface area contributed by atoms with Crippen molar-refractivity contribution in [2.45, 2.75) is 4.90 Å². The second kappa shape index (κ2) is 8.28. The van der Waals surface area contributed by atoms with Gasteiger partial charge in [0.1, 0.15) is 5.69 Å². The fourth-order valence-corrected chi connectivity index (χ4v) is 4.15. The number of aromatic nitrogens is 4. The number of nitrogens with one attached hydrogen (secondary N) is 1. The summed E-state index contributed by atoms with van der Waals surface area (Å²) in [6.07, 6.45) is 4.34. The lowest BCUT2D eigenvalue weighted by molar-refractivity contribution is 0.0697. The summed E-state index contributed by atoms with van der Waals surface area (Å²) in [5.41, 5.74) is 1.58. The number of halogens is 1. The molecule has 2 N–H and O–H groups in total. The number of hydrogen-bond acceptors (Lipinski definition) is 6. The smallest absolute Gasteiger partial charge is 0.336 e. The molecule has 0 aliphatic heterocycles. The van der Waals surface area contributed by atoms with Crippen molar-refractivity contribution in [3.8, 4) is 16.9 Å². The molecular formula is C20H14BrN5O4S. The Labute approximate surface area is 185 Å². The first-order valence-corrected chi connectivity index (χ1v) is 11.1. The zero-order chi connectivity index (χ0) is 22.0. The van der Waals surface area contributed by atoms with Crippen LogP contribution < -0.4 is 4.72 Å². The van der Waals surface area contributed by atoms with Gasteiger partial charge >= 0.3 is 5.97 Å². The number of carbonyl (C=O) groups is 1. The summed E-state index contributed by atoms with van der Waals surface area (Å²) in [6.45, 7) is 0. The van der Waals surface area contributed by atoms with E-state index in [0.29, 0.717) is 22.6 Å². The van der Waals surface area contributed by atoms with Crippen molar-refractivity contribution in [3.63, 3.8) is 0 Å². The number of benzene rings is 2. The molecule has 11 heteroatoms. The van der Waals surface area contributed by atoms with Crippen LogP contribution in [0.2, 0.25) is 0 Å². The van der Waals surface area contributed by atoms with Crippen molar-refractivity contribution in [3.05, 3.63) is 83.2 Å². The molecule has 2 aromatic carbocycles. The van der Waals surface area contributed by atoms with Gasteiger partial charge in [0.2, 0.25) is 0 Å². The molecule has 0 saturated carbocycles. The van der Waals surface area contributed by atoms with E-state index < -0.39 is 16.0 Å². The van der Waals surface area contributed by atoms with Gasteiger partial charge in [-0.25, -0.2) is 17.9 Å². The van der Waals surface area contributed by atoms with E-state index >= 15 is 0 Å². The van der Waals surface area contributed by atoms with Crippen LogP contribution in [0.5, 0.6) is 0 Å². The van der Waals surface area contributed by atoms with Gasteiger partial charge in [0.05, 0.1) is 28.0 Å². The first-order valence-electron chi connectivity index (χ1n) is 8.82. The molecule has 0 bridgehead atoms. The Balaban J connectivity index is 1.63. The van der Waals surface area contributed by atoms with Gasteiger partial charge in [0.15, 0.2) is 0 Å². The highest BCUT2D eigenvalue weighted by atomic mass is 79.9. The highest BCUT2D eigenvalue weighted by Crippen LogP contribution is 2.23. The lowest BCUT2D eigenvalue weighted by atomic mass is 10.1. The SMILES string of the molecule is O=C(O)c1ccncc1-c1cn(-c2cccc(NS(=O)(=O)c3ccc(Br)cc3)c2)nn1. The fourth-order valence-electron chi connectivity index (χ4n) is 2.84. The topological polar surface area (TPSA) is 127 Å². The first kappa shape index (κ1) is 20.7. The van der Waals surface area contributed by atoms with E-state index in [2.05, 4.69) is 35.9 Å². The lowest BCUT2D eigenvalue weighted by Gasteiger charge is -2.09. The Hall–Kier alpha value is -3.57. The van der Waals surface area contributed by atoms with Crippen LogP contribution in [-0.4, -0.2) is 39.5 Å². The first-order chi connectivity index (χ1) is 14.8. The van der Waals surface area contributed by atoms with Crippen molar-refractivity contribution in [2.24, 2.45) is 0 Å². The minimum Gasteiger partial charge on any atom is -0.478 e. The molecule has 31 heavy (non-hydrogen) atoms. The number of nitrogens with zero attached hydrogens (tertiary/aromatic N) is 4. The Morgan fingerprint density at radius 1 is 1.10 bits per heavy atom. The van der Waals surface area contributed by atoms with E-state index in [4.69, 9.17) is 0 Å². The molecule has 2 aromatic heterocycles. The number of sulfonamides is 1. The van der Waals surface area contributed by atoms with Crippen molar-refractivity contribution >= 4 is 37.6 Å². The van der Waals surface area contributed by atoms with Gasteiger partial charge in [-0.2, -0.15) is 0 Å². The highest BCUT2D eigenvalue weighted by molar-refractivity contribution is 9.10. The summed E-state index contributed by atoms with van der Waals surface area (Å²) in [4.78, 5) is 15.5. The van der Waals surface area contributed by atoms with Gasteiger partial charge in [-0.3, -0.25) is 9.71 Å². The minimum absolute atomic E-state index is 0.0538. The number of hydrogen-bond donors (Lipinski definition) is 2. The van der Waals surface area contributed by atoms with Gasteiger partial charge in [0.25, 0.3) is 10.0 Å². The molecule has 0 aliphatic rings. The van der Waals surface area contributed by atoms with Gasteiger partial charge in [-0.1, -0.05) is 27.2 Å². The molecule has 0 aliphatic carbocycles. The van der Waals surface area contributed by atoms with Gasteiger partial charge in [-0.15, -0.1) is 5.10 Å². The quantitative estimate of drug-likeness (QED) is 0.414. The Bertz CT molecular complexity index is 1370. The Morgan fingerprint density at radius 3 is 2.61 bits per heavy atom.